The standard InChI is InChI=1S/C28H25ClN6O5/c1-14-19(10-11-21-22(14)25(37)35(28(39)33(21)5)18-9-7-8-17(29)12-18)24(36)23-16(3)31-34(6)26(23)40-27(38)20-13-32(4)30-15(20)2/h7-13H,1-6H3. The average molecular weight is 561 g/mol. The molecule has 0 atom stereocenters. The zero-order chi connectivity index (χ0) is 29.0. The Bertz CT molecular complexity index is 2000. The third-order valence-electron chi connectivity index (χ3n) is 6.83. The molecule has 11 nitrogen and oxygen atoms in total. The molecule has 204 valence electrons. The molecule has 0 unspecified atom stereocenters. The van der Waals surface area contributed by atoms with Gasteiger partial charge in [0.05, 0.1) is 28.0 Å². The fourth-order valence-corrected chi connectivity index (χ4v) is 5.06. The molecule has 2 aromatic carbocycles. The Balaban J connectivity index is 1.67. The minimum atomic E-state index is -0.683. The second-order valence-electron chi connectivity index (χ2n) is 9.50. The molecule has 0 saturated carbocycles. The number of carbonyl (C=O) groups is 2. The fraction of sp³-hybridized carbons (Fsp3) is 0.214. The van der Waals surface area contributed by atoms with Gasteiger partial charge in [-0.25, -0.2) is 18.8 Å². The van der Waals surface area contributed by atoms with Gasteiger partial charge in [0.1, 0.15) is 11.1 Å². The van der Waals surface area contributed by atoms with Crippen LogP contribution in [0.3, 0.4) is 0 Å². The minimum Gasteiger partial charge on any atom is -0.403 e. The van der Waals surface area contributed by atoms with Crippen molar-refractivity contribution < 1.29 is 14.3 Å². The van der Waals surface area contributed by atoms with Crippen LogP contribution in [0, 0.1) is 20.8 Å². The van der Waals surface area contributed by atoms with Gasteiger partial charge >= 0.3 is 11.7 Å². The number of benzene rings is 2. The largest absolute Gasteiger partial charge is 0.403 e. The number of fused-ring (bicyclic) bond motifs is 1. The summed E-state index contributed by atoms with van der Waals surface area (Å²) < 4.78 is 10.8. The topological polar surface area (TPSA) is 123 Å². The molecule has 0 bridgehead atoms. The molecule has 3 aromatic heterocycles. The first kappa shape index (κ1) is 26.8. The van der Waals surface area contributed by atoms with Crippen molar-refractivity contribution in [2.45, 2.75) is 20.8 Å². The summed E-state index contributed by atoms with van der Waals surface area (Å²) in [6, 6.07) is 9.50. The Morgan fingerprint density at radius 2 is 1.65 bits per heavy atom. The molecule has 12 heteroatoms. The fourth-order valence-electron chi connectivity index (χ4n) is 4.88. The lowest BCUT2D eigenvalue weighted by molar-refractivity contribution is 0.0717. The molecule has 0 aliphatic carbocycles. The number of esters is 1. The predicted molar refractivity (Wildman–Crippen MR) is 149 cm³/mol. The molecule has 40 heavy (non-hydrogen) atoms. The number of carbonyl (C=O) groups excluding carboxylic acids is 2. The van der Waals surface area contributed by atoms with Crippen molar-refractivity contribution in [1.29, 1.82) is 0 Å². The van der Waals surface area contributed by atoms with Crippen LogP contribution in [-0.4, -0.2) is 40.4 Å². The maximum absolute atomic E-state index is 14.0. The van der Waals surface area contributed by atoms with Crippen LogP contribution >= 0.6 is 11.6 Å². The van der Waals surface area contributed by atoms with E-state index in [1.165, 1.54) is 26.2 Å². The smallest absolute Gasteiger partial charge is 0.348 e. The number of aromatic nitrogens is 6. The van der Waals surface area contributed by atoms with E-state index in [4.69, 9.17) is 16.3 Å². The van der Waals surface area contributed by atoms with Crippen molar-refractivity contribution >= 4 is 34.3 Å². The van der Waals surface area contributed by atoms with Crippen LogP contribution in [0.5, 0.6) is 5.88 Å². The maximum Gasteiger partial charge on any atom is 0.348 e. The Labute approximate surface area is 232 Å². The van der Waals surface area contributed by atoms with E-state index in [0.717, 1.165) is 4.57 Å². The highest BCUT2D eigenvalue weighted by Gasteiger charge is 2.28. The quantitative estimate of drug-likeness (QED) is 0.239. The Morgan fingerprint density at radius 3 is 2.30 bits per heavy atom. The third kappa shape index (κ3) is 4.24. The lowest BCUT2D eigenvalue weighted by Gasteiger charge is -2.15. The summed E-state index contributed by atoms with van der Waals surface area (Å²) in [6.45, 7) is 4.95. The first-order valence-corrected chi connectivity index (χ1v) is 12.6. The summed E-state index contributed by atoms with van der Waals surface area (Å²) in [6.07, 6.45) is 1.53. The van der Waals surface area contributed by atoms with Crippen LogP contribution in [-0.2, 0) is 21.1 Å². The van der Waals surface area contributed by atoms with Crippen molar-refractivity contribution in [3.05, 3.63) is 102 Å². The average Bonchev–Trinajstić information content (AvgIpc) is 3.38. The first-order valence-electron chi connectivity index (χ1n) is 12.2. The normalized spacial score (nSPS) is 11.3. The molecular weight excluding hydrogens is 536 g/mol. The number of hydrogen-bond donors (Lipinski definition) is 0. The molecule has 5 rings (SSSR count). The molecule has 0 amide bonds. The lowest BCUT2D eigenvalue weighted by Crippen LogP contribution is -2.38. The van der Waals surface area contributed by atoms with Crippen LogP contribution in [0.2, 0.25) is 5.02 Å². The SMILES string of the molecule is Cc1nn(C)cc1C(=O)Oc1c(C(=O)c2ccc3c(c2C)c(=O)n(-c2cccc(Cl)c2)c(=O)n3C)c(C)nn1C. The van der Waals surface area contributed by atoms with Gasteiger partial charge in [-0.2, -0.15) is 10.2 Å². The molecule has 5 aromatic rings. The van der Waals surface area contributed by atoms with Crippen LogP contribution in [0.25, 0.3) is 16.6 Å². The predicted octanol–water partition coefficient (Wildman–Crippen LogP) is 3.19. The second-order valence-corrected chi connectivity index (χ2v) is 9.94. The van der Waals surface area contributed by atoms with Gasteiger partial charge in [0, 0.05) is 37.9 Å². The molecule has 3 heterocycles. The Kier molecular flexibility index (Phi) is 6.54. The number of rotatable bonds is 5. The van der Waals surface area contributed by atoms with Crippen LogP contribution in [0.15, 0.2) is 52.2 Å². The van der Waals surface area contributed by atoms with Gasteiger partial charge in [0.2, 0.25) is 11.7 Å². The van der Waals surface area contributed by atoms with Gasteiger partial charge in [-0.3, -0.25) is 18.8 Å². The van der Waals surface area contributed by atoms with Crippen LogP contribution < -0.4 is 16.0 Å². The molecule has 0 radical (unpaired) electrons. The summed E-state index contributed by atoms with van der Waals surface area (Å²) in [5, 5.41) is 9.03. The van der Waals surface area contributed by atoms with E-state index >= 15 is 0 Å². The first-order chi connectivity index (χ1) is 18.9. The van der Waals surface area contributed by atoms with E-state index in [-0.39, 0.29) is 28.0 Å². The van der Waals surface area contributed by atoms with Gasteiger partial charge in [-0.05, 0) is 56.7 Å². The highest BCUT2D eigenvalue weighted by Crippen LogP contribution is 2.29. The molecule has 0 aliphatic heterocycles. The number of halogens is 1. The number of hydrogen-bond acceptors (Lipinski definition) is 7. The van der Waals surface area contributed by atoms with Crippen molar-refractivity contribution in [2.75, 3.05) is 0 Å². The van der Waals surface area contributed by atoms with Crippen molar-refractivity contribution in [3.8, 4) is 11.6 Å². The summed E-state index contributed by atoms with van der Waals surface area (Å²) in [5.41, 5.74) is 1.25. The summed E-state index contributed by atoms with van der Waals surface area (Å²) in [5.74, 6) is -1.21. The lowest BCUT2D eigenvalue weighted by atomic mass is 9.96. The van der Waals surface area contributed by atoms with E-state index in [0.29, 0.717) is 33.2 Å². The summed E-state index contributed by atoms with van der Waals surface area (Å²) >= 11 is 6.12. The zero-order valence-electron chi connectivity index (χ0n) is 22.6. The van der Waals surface area contributed by atoms with E-state index < -0.39 is 23.0 Å². The maximum atomic E-state index is 14.0. The summed E-state index contributed by atoms with van der Waals surface area (Å²) in [4.78, 5) is 53.8. The zero-order valence-corrected chi connectivity index (χ0v) is 23.4. The highest BCUT2D eigenvalue weighted by atomic mass is 35.5. The highest BCUT2D eigenvalue weighted by molar-refractivity contribution is 6.30. The molecule has 0 aliphatic rings. The van der Waals surface area contributed by atoms with Crippen molar-refractivity contribution in [3.63, 3.8) is 0 Å². The van der Waals surface area contributed by atoms with E-state index in [1.807, 2.05) is 0 Å². The third-order valence-corrected chi connectivity index (χ3v) is 7.07. The molecule has 0 N–H and O–H groups in total. The number of aryl methyl sites for hydroxylation is 6. The van der Waals surface area contributed by atoms with E-state index in [1.54, 1.807) is 72.2 Å². The Hall–Kier alpha value is -4.77. The van der Waals surface area contributed by atoms with Gasteiger partial charge in [0.15, 0.2) is 0 Å². The Morgan fingerprint density at radius 1 is 0.925 bits per heavy atom. The molecule has 0 fully saturated rings. The van der Waals surface area contributed by atoms with Gasteiger partial charge in [-0.15, -0.1) is 0 Å². The molecular formula is C28H25ClN6O5. The van der Waals surface area contributed by atoms with Crippen molar-refractivity contribution in [1.82, 2.24) is 28.7 Å². The van der Waals surface area contributed by atoms with Crippen LogP contribution in [0.4, 0.5) is 0 Å². The number of ether oxygens (including phenoxy) is 1. The van der Waals surface area contributed by atoms with Crippen molar-refractivity contribution in [2.24, 2.45) is 21.1 Å². The van der Waals surface area contributed by atoms with Gasteiger partial charge in [0.25, 0.3) is 5.56 Å². The molecule has 0 spiro atoms. The van der Waals surface area contributed by atoms with Gasteiger partial charge in [-0.1, -0.05) is 17.7 Å². The molecule has 0 saturated heterocycles. The van der Waals surface area contributed by atoms with Crippen LogP contribution in [0.1, 0.15) is 43.2 Å². The summed E-state index contributed by atoms with van der Waals surface area (Å²) in [7, 11) is 4.80. The van der Waals surface area contributed by atoms with E-state index in [2.05, 4.69) is 10.2 Å². The van der Waals surface area contributed by atoms with E-state index in [9.17, 15) is 19.2 Å². The second kappa shape index (κ2) is 9.76. The number of ketones is 1. The van der Waals surface area contributed by atoms with Gasteiger partial charge < -0.3 is 4.74 Å². The minimum absolute atomic E-state index is 0.0351. The number of nitrogens with zero attached hydrogens (tertiary/aromatic N) is 6. The monoisotopic (exact) mass is 560 g/mol.